The fourth-order valence-corrected chi connectivity index (χ4v) is 0.866. The van der Waals surface area contributed by atoms with E-state index in [0.29, 0.717) is 0 Å². The van der Waals surface area contributed by atoms with Gasteiger partial charge >= 0.3 is 0 Å². The summed E-state index contributed by atoms with van der Waals surface area (Å²) in [6.45, 7) is 11.0. The first-order valence-electron chi connectivity index (χ1n) is 4.76. The SMILES string of the molecule is CC(O)C(C)NC(C)(C)C(C)(C)O. The van der Waals surface area contributed by atoms with Crippen molar-refractivity contribution in [1.82, 2.24) is 5.32 Å². The third-order valence-corrected chi connectivity index (χ3v) is 2.84. The van der Waals surface area contributed by atoms with Crippen molar-refractivity contribution in [2.45, 2.75) is 64.8 Å². The topological polar surface area (TPSA) is 52.5 Å². The third-order valence-electron chi connectivity index (χ3n) is 2.84. The van der Waals surface area contributed by atoms with Crippen LogP contribution in [0.1, 0.15) is 41.5 Å². The molecular weight excluding hydrogens is 166 g/mol. The fourth-order valence-electron chi connectivity index (χ4n) is 0.866. The van der Waals surface area contributed by atoms with Crippen LogP contribution in [0.3, 0.4) is 0 Å². The first-order chi connectivity index (χ1) is 5.58. The van der Waals surface area contributed by atoms with Crippen molar-refractivity contribution in [2.24, 2.45) is 0 Å². The average molecular weight is 189 g/mol. The summed E-state index contributed by atoms with van der Waals surface area (Å²) in [6, 6.07) is -0.0265. The molecule has 0 aromatic heterocycles. The molecule has 13 heavy (non-hydrogen) atoms. The number of hydrogen-bond donors (Lipinski definition) is 3. The minimum atomic E-state index is -0.809. The zero-order valence-electron chi connectivity index (χ0n) is 9.55. The molecule has 0 spiro atoms. The number of nitrogens with one attached hydrogen (secondary N) is 1. The molecule has 0 fully saturated rings. The highest BCUT2D eigenvalue weighted by molar-refractivity contribution is 4.95. The van der Waals surface area contributed by atoms with E-state index in [1.807, 2.05) is 20.8 Å². The fraction of sp³-hybridized carbons (Fsp3) is 1.00. The van der Waals surface area contributed by atoms with Gasteiger partial charge in [-0.25, -0.2) is 0 Å². The van der Waals surface area contributed by atoms with E-state index in [2.05, 4.69) is 5.32 Å². The van der Waals surface area contributed by atoms with Gasteiger partial charge in [0.1, 0.15) is 0 Å². The van der Waals surface area contributed by atoms with E-state index in [1.165, 1.54) is 0 Å². The van der Waals surface area contributed by atoms with Crippen LogP contribution in [0.4, 0.5) is 0 Å². The Kier molecular flexibility index (Phi) is 3.91. The second kappa shape index (κ2) is 3.95. The molecule has 0 aliphatic carbocycles. The Labute approximate surface area is 81.2 Å². The Morgan fingerprint density at radius 1 is 1.08 bits per heavy atom. The molecule has 3 N–H and O–H groups in total. The van der Waals surface area contributed by atoms with E-state index in [0.717, 1.165) is 0 Å². The van der Waals surface area contributed by atoms with Crippen LogP contribution in [0.2, 0.25) is 0 Å². The van der Waals surface area contributed by atoms with Crippen molar-refractivity contribution < 1.29 is 10.2 Å². The molecule has 2 atom stereocenters. The van der Waals surface area contributed by atoms with Crippen LogP contribution < -0.4 is 5.32 Å². The van der Waals surface area contributed by atoms with Crippen LogP contribution in [0.25, 0.3) is 0 Å². The molecule has 0 saturated heterocycles. The van der Waals surface area contributed by atoms with Crippen molar-refractivity contribution in [1.29, 1.82) is 0 Å². The molecule has 3 heteroatoms. The molecule has 3 nitrogen and oxygen atoms in total. The van der Waals surface area contributed by atoms with E-state index in [-0.39, 0.29) is 6.04 Å². The molecule has 0 radical (unpaired) electrons. The smallest absolute Gasteiger partial charge is 0.0767 e. The predicted molar refractivity (Wildman–Crippen MR) is 54.7 cm³/mol. The zero-order chi connectivity index (χ0) is 10.9. The maximum Gasteiger partial charge on any atom is 0.0767 e. The van der Waals surface area contributed by atoms with Crippen molar-refractivity contribution >= 4 is 0 Å². The van der Waals surface area contributed by atoms with E-state index >= 15 is 0 Å². The van der Waals surface area contributed by atoms with Crippen molar-refractivity contribution in [3.63, 3.8) is 0 Å². The Hall–Kier alpha value is -0.120. The first kappa shape index (κ1) is 12.9. The van der Waals surface area contributed by atoms with Crippen LogP contribution in [-0.2, 0) is 0 Å². The highest BCUT2D eigenvalue weighted by atomic mass is 16.3. The van der Waals surface area contributed by atoms with Crippen LogP contribution in [0.5, 0.6) is 0 Å². The normalized spacial score (nSPS) is 18.5. The maximum atomic E-state index is 9.83. The van der Waals surface area contributed by atoms with E-state index < -0.39 is 17.2 Å². The highest BCUT2D eigenvalue weighted by Crippen LogP contribution is 2.21. The number of rotatable bonds is 4. The van der Waals surface area contributed by atoms with Gasteiger partial charge in [-0.3, -0.25) is 0 Å². The van der Waals surface area contributed by atoms with Gasteiger partial charge in [-0.15, -0.1) is 0 Å². The molecular formula is C10H23NO2. The molecule has 0 rings (SSSR count). The number of hydrogen-bond acceptors (Lipinski definition) is 3. The molecule has 0 amide bonds. The van der Waals surface area contributed by atoms with Crippen LogP contribution >= 0.6 is 0 Å². The summed E-state index contributed by atoms with van der Waals surface area (Å²) < 4.78 is 0. The van der Waals surface area contributed by atoms with Gasteiger partial charge in [-0.1, -0.05) is 0 Å². The van der Waals surface area contributed by atoms with Gasteiger partial charge in [0.15, 0.2) is 0 Å². The molecule has 2 unspecified atom stereocenters. The Morgan fingerprint density at radius 3 is 1.69 bits per heavy atom. The Morgan fingerprint density at radius 2 is 1.46 bits per heavy atom. The lowest BCUT2D eigenvalue weighted by atomic mass is 9.85. The summed E-state index contributed by atoms with van der Waals surface area (Å²) in [7, 11) is 0. The minimum Gasteiger partial charge on any atom is -0.392 e. The standard InChI is InChI=1S/C10H23NO2/c1-7(8(2)12)11-9(3,4)10(5,6)13/h7-8,11-13H,1-6H3. The van der Waals surface area contributed by atoms with Crippen molar-refractivity contribution in [3.05, 3.63) is 0 Å². The first-order valence-corrected chi connectivity index (χ1v) is 4.76. The molecule has 0 aliphatic rings. The highest BCUT2D eigenvalue weighted by Gasteiger charge is 2.36. The van der Waals surface area contributed by atoms with Gasteiger partial charge in [0, 0.05) is 11.6 Å². The summed E-state index contributed by atoms with van der Waals surface area (Å²) in [5.41, 5.74) is -1.22. The predicted octanol–water partition coefficient (Wildman–Crippen LogP) is 0.895. The van der Waals surface area contributed by atoms with Gasteiger partial charge in [-0.2, -0.15) is 0 Å². The van der Waals surface area contributed by atoms with Gasteiger partial charge in [0.2, 0.25) is 0 Å². The summed E-state index contributed by atoms with van der Waals surface area (Å²) in [5, 5.41) is 22.3. The number of aliphatic hydroxyl groups excluding tert-OH is 1. The number of aliphatic hydroxyl groups is 2. The lowest BCUT2D eigenvalue weighted by Gasteiger charge is -2.41. The van der Waals surface area contributed by atoms with Gasteiger partial charge in [0.25, 0.3) is 0 Å². The van der Waals surface area contributed by atoms with Gasteiger partial charge < -0.3 is 15.5 Å². The van der Waals surface area contributed by atoms with Crippen LogP contribution in [-0.4, -0.2) is 33.5 Å². The summed E-state index contributed by atoms with van der Waals surface area (Å²) in [4.78, 5) is 0. The lowest BCUT2D eigenvalue weighted by Crippen LogP contribution is -2.60. The molecule has 0 aliphatic heterocycles. The van der Waals surface area contributed by atoms with Gasteiger partial charge in [-0.05, 0) is 41.5 Å². The van der Waals surface area contributed by atoms with Crippen molar-refractivity contribution in [2.75, 3.05) is 0 Å². The van der Waals surface area contributed by atoms with E-state index in [1.54, 1.807) is 20.8 Å². The molecule has 80 valence electrons. The maximum absolute atomic E-state index is 9.83. The van der Waals surface area contributed by atoms with Gasteiger partial charge in [0.05, 0.1) is 11.7 Å². The quantitative estimate of drug-likeness (QED) is 0.616. The molecule has 0 bridgehead atoms. The van der Waals surface area contributed by atoms with E-state index in [9.17, 15) is 10.2 Å². The van der Waals surface area contributed by atoms with Crippen LogP contribution in [0.15, 0.2) is 0 Å². The monoisotopic (exact) mass is 189 g/mol. The lowest BCUT2D eigenvalue weighted by molar-refractivity contribution is -0.0174. The Balaban J connectivity index is 4.34. The summed E-state index contributed by atoms with van der Waals surface area (Å²) >= 11 is 0. The van der Waals surface area contributed by atoms with Crippen LogP contribution in [0, 0.1) is 0 Å². The van der Waals surface area contributed by atoms with E-state index in [4.69, 9.17) is 0 Å². The molecule has 0 heterocycles. The third kappa shape index (κ3) is 3.63. The zero-order valence-corrected chi connectivity index (χ0v) is 9.55. The second-order valence-electron chi connectivity index (χ2n) is 4.86. The summed E-state index contributed by atoms with van der Waals surface area (Å²) in [6.07, 6.45) is -0.415. The summed E-state index contributed by atoms with van der Waals surface area (Å²) in [5.74, 6) is 0. The van der Waals surface area contributed by atoms with Crippen molar-refractivity contribution in [3.8, 4) is 0 Å². The molecule has 0 aromatic rings. The molecule has 0 saturated carbocycles. The largest absolute Gasteiger partial charge is 0.392 e. The average Bonchev–Trinajstić information content (AvgIpc) is 1.83. The minimum absolute atomic E-state index is 0.0265. The second-order valence-corrected chi connectivity index (χ2v) is 4.86. The molecule has 0 aromatic carbocycles. The Bertz CT molecular complexity index is 159.